The molecule has 7 nitrogen and oxygen atoms in total. The summed E-state index contributed by atoms with van der Waals surface area (Å²) in [5.41, 5.74) is 1.70. The largest absolute Gasteiger partial charge is 0.385 e. The van der Waals surface area contributed by atoms with Crippen LogP contribution in [0, 0.1) is 11.8 Å². The number of carbonyl (C=O) groups is 2. The van der Waals surface area contributed by atoms with Gasteiger partial charge in [-0.3, -0.25) is 14.7 Å². The highest BCUT2D eigenvalue weighted by molar-refractivity contribution is 6.31. The zero-order chi connectivity index (χ0) is 21.0. The summed E-state index contributed by atoms with van der Waals surface area (Å²) in [7, 11) is 0. The second-order valence-electron chi connectivity index (χ2n) is 8.31. The van der Waals surface area contributed by atoms with Crippen molar-refractivity contribution in [2.45, 2.75) is 31.4 Å². The van der Waals surface area contributed by atoms with Crippen molar-refractivity contribution in [3.05, 3.63) is 58.7 Å². The molecule has 3 aromatic rings. The lowest BCUT2D eigenvalue weighted by molar-refractivity contribution is -0.114. The second kappa shape index (κ2) is 6.82. The van der Waals surface area contributed by atoms with Crippen molar-refractivity contribution in [3.63, 3.8) is 0 Å². The Balaban J connectivity index is 1.28. The van der Waals surface area contributed by atoms with E-state index >= 15 is 0 Å². The third-order valence-electron chi connectivity index (χ3n) is 6.25. The highest BCUT2D eigenvalue weighted by Gasteiger charge is 2.62. The van der Waals surface area contributed by atoms with E-state index in [-0.39, 0.29) is 29.7 Å². The van der Waals surface area contributed by atoms with Crippen LogP contribution in [0.5, 0.6) is 0 Å². The molecule has 2 fully saturated rings. The van der Waals surface area contributed by atoms with Crippen LogP contribution in [0.15, 0.2) is 42.6 Å². The standard InChI is InChI=1S/C22H21ClN4O3/c1-11(28)25-14-4-2-3-12(5-14)21(29)26-20-15-8-22(30,9-16(15)20)18-6-13(23)7-19-17(18)10-24-27-19/h2-7,10,15-16,20,30H,8-9H2,1H3,(H,24,27)(H,25,28)(H,26,29)/t15-,16+,20+,22-. The highest BCUT2D eigenvalue weighted by Crippen LogP contribution is 2.60. The van der Waals surface area contributed by atoms with Crippen molar-refractivity contribution in [2.75, 3.05) is 5.32 Å². The summed E-state index contributed by atoms with van der Waals surface area (Å²) in [5.74, 6) is 0.0817. The summed E-state index contributed by atoms with van der Waals surface area (Å²) in [6, 6.07) is 10.5. The Bertz CT molecular complexity index is 1160. The summed E-state index contributed by atoms with van der Waals surface area (Å²) in [6.45, 7) is 1.43. The van der Waals surface area contributed by atoms with Crippen molar-refractivity contribution in [3.8, 4) is 0 Å². The number of aromatic nitrogens is 2. The minimum absolute atomic E-state index is 0.0428. The fourth-order valence-corrected chi connectivity index (χ4v) is 5.09. The summed E-state index contributed by atoms with van der Waals surface area (Å²) < 4.78 is 0. The normalized spacial score (nSPS) is 27.0. The van der Waals surface area contributed by atoms with Gasteiger partial charge in [0.2, 0.25) is 5.91 Å². The van der Waals surface area contributed by atoms with Gasteiger partial charge in [0.25, 0.3) is 5.91 Å². The number of H-pyrrole nitrogens is 1. The monoisotopic (exact) mass is 424 g/mol. The second-order valence-corrected chi connectivity index (χ2v) is 8.75. The molecule has 1 heterocycles. The molecular formula is C22H21ClN4O3. The van der Waals surface area contributed by atoms with E-state index in [0.29, 0.717) is 29.1 Å². The first-order chi connectivity index (χ1) is 14.3. The smallest absolute Gasteiger partial charge is 0.251 e. The van der Waals surface area contributed by atoms with E-state index in [1.807, 2.05) is 6.07 Å². The predicted octanol–water partition coefficient (Wildman–Crippen LogP) is 3.20. The van der Waals surface area contributed by atoms with Crippen LogP contribution < -0.4 is 10.6 Å². The number of hydrogen-bond acceptors (Lipinski definition) is 4. The number of carbonyl (C=O) groups excluding carboxylic acids is 2. The van der Waals surface area contributed by atoms with Crippen LogP contribution in [0.4, 0.5) is 5.69 Å². The summed E-state index contributed by atoms with van der Waals surface area (Å²) in [4.78, 5) is 23.9. The molecule has 8 heteroatoms. The van der Waals surface area contributed by atoms with Crippen LogP contribution in [0.2, 0.25) is 5.02 Å². The average Bonchev–Trinajstić information content (AvgIpc) is 3.05. The molecule has 2 aromatic carbocycles. The maximum atomic E-state index is 12.7. The van der Waals surface area contributed by atoms with E-state index in [1.165, 1.54) is 6.92 Å². The van der Waals surface area contributed by atoms with E-state index in [2.05, 4.69) is 20.8 Å². The first-order valence-corrected chi connectivity index (χ1v) is 10.3. The third kappa shape index (κ3) is 3.24. The molecule has 4 atom stereocenters. The van der Waals surface area contributed by atoms with Crippen LogP contribution in [0.3, 0.4) is 0 Å². The number of amides is 2. The molecule has 2 aliphatic rings. The van der Waals surface area contributed by atoms with Gasteiger partial charge in [-0.15, -0.1) is 0 Å². The number of aliphatic hydroxyl groups is 1. The summed E-state index contributed by atoms with van der Waals surface area (Å²) in [5, 5.41) is 25.5. The van der Waals surface area contributed by atoms with E-state index in [4.69, 9.17) is 11.6 Å². The third-order valence-corrected chi connectivity index (χ3v) is 6.46. The van der Waals surface area contributed by atoms with Crippen molar-refractivity contribution >= 4 is 40.0 Å². The van der Waals surface area contributed by atoms with Gasteiger partial charge in [-0.25, -0.2) is 0 Å². The first-order valence-electron chi connectivity index (χ1n) is 9.88. The quantitative estimate of drug-likeness (QED) is 0.515. The Hall–Kier alpha value is -2.90. The molecule has 154 valence electrons. The number of anilines is 1. The van der Waals surface area contributed by atoms with Gasteiger partial charge in [-0.1, -0.05) is 17.7 Å². The maximum absolute atomic E-state index is 12.7. The van der Waals surface area contributed by atoms with Gasteiger partial charge in [0.1, 0.15) is 0 Å². The van der Waals surface area contributed by atoms with E-state index < -0.39 is 5.60 Å². The molecule has 30 heavy (non-hydrogen) atoms. The molecule has 2 aliphatic carbocycles. The molecule has 5 rings (SSSR count). The Morgan fingerprint density at radius 3 is 2.73 bits per heavy atom. The van der Waals surface area contributed by atoms with Crippen molar-refractivity contribution in [1.29, 1.82) is 0 Å². The lowest BCUT2D eigenvalue weighted by Gasteiger charge is -2.27. The minimum atomic E-state index is -0.977. The zero-order valence-electron chi connectivity index (χ0n) is 16.3. The molecule has 0 radical (unpaired) electrons. The molecule has 4 N–H and O–H groups in total. The van der Waals surface area contributed by atoms with Crippen LogP contribution in [-0.4, -0.2) is 33.2 Å². The lowest BCUT2D eigenvalue weighted by atomic mass is 9.86. The zero-order valence-corrected chi connectivity index (χ0v) is 17.0. The number of aromatic amines is 1. The summed E-state index contributed by atoms with van der Waals surface area (Å²) >= 11 is 6.24. The lowest BCUT2D eigenvalue weighted by Crippen LogP contribution is -2.33. The number of fused-ring (bicyclic) bond motifs is 2. The van der Waals surface area contributed by atoms with Gasteiger partial charge in [-0.05, 0) is 60.6 Å². The van der Waals surface area contributed by atoms with Crippen LogP contribution in [0.25, 0.3) is 10.9 Å². The molecule has 0 aliphatic heterocycles. The minimum Gasteiger partial charge on any atom is -0.385 e. The number of nitrogens with zero attached hydrogens (tertiary/aromatic N) is 1. The number of hydrogen-bond donors (Lipinski definition) is 4. The van der Waals surface area contributed by atoms with Gasteiger partial charge < -0.3 is 15.7 Å². The number of halogens is 1. The molecule has 2 saturated carbocycles. The van der Waals surface area contributed by atoms with E-state index in [9.17, 15) is 14.7 Å². The van der Waals surface area contributed by atoms with Crippen LogP contribution in [0.1, 0.15) is 35.7 Å². The topological polar surface area (TPSA) is 107 Å². The molecular weight excluding hydrogens is 404 g/mol. The van der Waals surface area contributed by atoms with Crippen molar-refractivity contribution in [1.82, 2.24) is 15.5 Å². The number of rotatable bonds is 4. The molecule has 0 bridgehead atoms. The molecule has 0 saturated heterocycles. The van der Waals surface area contributed by atoms with Crippen LogP contribution >= 0.6 is 11.6 Å². The Morgan fingerprint density at radius 2 is 2.00 bits per heavy atom. The predicted molar refractivity (Wildman–Crippen MR) is 113 cm³/mol. The van der Waals surface area contributed by atoms with E-state index in [1.54, 1.807) is 36.5 Å². The molecule has 2 amide bonds. The maximum Gasteiger partial charge on any atom is 0.251 e. The average molecular weight is 425 g/mol. The number of benzene rings is 2. The Morgan fingerprint density at radius 1 is 1.23 bits per heavy atom. The van der Waals surface area contributed by atoms with Gasteiger partial charge in [-0.2, -0.15) is 5.10 Å². The molecule has 0 unspecified atom stereocenters. The van der Waals surface area contributed by atoms with Gasteiger partial charge in [0.05, 0.1) is 17.3 Å². The first kappa shape index (κ1) is 19.1. The Labute approximate surface area is 177 Å². The molecule has 1 aromatic heterocycles. The van der Waals surface area contributed by atoms with Crippen LogP contribution in [-0.2, 0) is 10.4 Å². The molecule has 0 spiro atoms. The summed E-state index contributed by atoms with van der Waals surface area (Å²) in [6.07, 6.45) is 2.84. The fourth-order valence-electron chi connectivity index (χ4n) is 4.88. The van der Waals surface area contributed by atoms with Crippen molar-refractivity contribution < 1.29 is 14.7 Å². The van der Waals surface area contributed by atoms with Crippen molar-refractivity contribution in [2.24, 2.45) is 11.8 Å². The van der Waals surface area contributed by atoms with E-state index in [0.717, 1.165) is 16.5 Å². The fraction of sp³-hybridized carbons (Fsp3) is 0.318. The van der Waals surface area contributed by atoms with Gasteiger partial charge >= 0.3 is 0 Å². The van der Waals surface area contributed by atoms with Gasteiger partial charge in [0.15, 0.2) is 0 Å². The van der Waals surface area contributed by atoms with Gasteiger partial charge in [0, 0.05) is 34.6 Å². The highest BCUT2D eigenvalue weighted by atomic mass is 35.5. The SMILES string of the molecule is CC(=O)Nc1cccc(C(=O)N[C@H]2[C@@H]3C[C@](O)(c4cc(Cl)cc5[nH]ncc45)C[C@@H]32)c1. The number of nitrogens with one attached hydrogen (secondary N) is 3. The Kier molecular flexibility index (Phi) is 4.34.